The van der Waals surface area contributed by atoms with Gasteiger partial charge >= 0.3 is 0 Å². The highest BCUT2D eigenvalue weighted by Gasteiger charge is 2.79. The van der Waals surface area contributed by atoms with E-state index in [0.29, 0.717) is 0 Å². The lowest BCUT2D eigenvalue weighted by Gasteiger charge is -2.51. The topological polar surface area (TPSA) is 0 Å². The number of fused-ring (bicyclic) bond motifs is 1. The van der Waals surface area contributed by atoms with Crippen LogP contribution in [0.3, 0.4) is 0 Å². The van der Waals surface area contributed by atoms with Gasteiger partial charge in [0.05, 0.1) is 0 Å². The molecule has 7 atom stereocenters. The van der Waals surface area contributed by atoms with Crippen LogP contribution in [0.5, 0.6) is 0 Å². The molecule has 5 unspecified atom stereocenters. The van der Waals surface area contributed by atoms with Crippen LogP contribution in [0.1, 0.15) is 26.7 Å². The molecule has 0 spiro atoms. The van der Waals surface area contributed by atoms with Gasteiger partial charge in [-0.15, -0.1) is 0 Å². The van der Waals surface area contributed by atoms with Gasteiger partial charge in [0, 0.05) is 0 Å². The van der Waals surface area contributed by atoms with Gasteiger partial charge in [0.1, 0.15) is 0 Å². The van der Waals surface area contributed by atoms with E-state index in [2.05, 4.69) is 13.8 Å². The Morgan fingerprint density at radius 3 is 2.55 bits per heavy atom. The van der Waals surface area contributed by atoms with Crippen molar-refractivity contribution >= 4 is 0 Å². The highest BCUT2D eigenvalue weighted by atomic mass is 14.8. The largest absolute Gasteiger partial charge is 0.0619 e. The Bertz CT molecular complexity index is 244. The summed E-state index contributed by atoms with van der Waals surface area (Å²) in [6, 6.07) is 0. The van der Waals surface area contributed by atoms with Gasteiger partial charge in [0.2, 0.25) is 0 Å². The van der Waals surface area contributed by atoms with Crippen LogP contribution in [0, 0.1) is 40.9 Å². The first-order chi connectivity index (χ1) is 5.23. The summed E-state index contributed by atoms with van der Waals surface area (Å²) in [5.41, 5.74) is 0.868. The fourth-order valence-electron chi connectivity index (χ4n) is 5.68. The molecule has 0 nitrogen and oxygen atoms in total. The van der Waals surface area contributed by atoms with Gasteiger partial charge < -0.3 is 0 Å². The van der Waals surface area contributed by atoms with Crippen LogP contribution in [0.2, 0.25) is 0 Å². The predicted molar refractivity (Wildman–Crippen MR) is 44.0 cm³/mol. The average Bonchev–Trinajstić information content (AvgIpc) is 2.40. The number of hydrogen-bond acceptors (Lipinski definition) is 0. The molecule has 11 heavy (non-hydrogen) atoms. The normalized spacial score (nSPS) is 81.3. The molecule has 0 heterocycles. The van der Waals surface area contributed by atoms with Gasteiger partial charge in [0.15, 0.2) is 0 Å². The molecule has 4 fully saturated rings. The molecule has 0 amide bonds. The van der Waals surface area contributed by atoms with Crippen molar-refractivity contribution in [2.75, 3.05) is 0 Å². The lowest BCUT2D eigenvalue weighted by atomic mass is 9.54. The summed E-state index contributed by atoms with van der Waals surface area (Å²) in [6.07, 6.45) is 3.22. The van der Waals surface area contributed by atoms with E-state index in [-0.39, 0.29) is 0 Å². The SMILES string of the molecule is CC1C2C[C@H]3[C@H]4CC3(C)C2C14. The molecule has 0 aromatic carbocycles. The molecule has 0 aromatic rings. The van der Waals surface area contributed by atoms with Crippen LogP contribution >= 0.6 is 0 Å². The molecule has 4 bridgehead atoms. The minimum atomic E-state index is 0.868. The maximum Gasteiger partial charge on any atom is -0.0258 e. The Morgan fingerprint density at radius 2 is 2.09 bits per heavy atom. The minimum absolute atomic E-state index is 0.868. The molecule has 0 radical (unpaired) electrons. The quantitative estimate of drug-likeness (QED) is 0.495. The summed E-state index contributed by atoms with van der Waals surface area (Å²) >= 11 is 0. The van der Waals surface area contributed by atoms with Crippen molar-refractivity contribution in [3.05, 3.63) is 0 Å². The molecule has 0 N–H and O–H groups in total. The Hall–Kier alpha value is 0. The van der Waals surface area contributed by atoms with Gasteiger partial charge in [-0.05, 0) is 53.8 Å². The van der Waals surface area contributed by atoms with Crippen molar-refractivity contribution in [3.8, 4) is 0 Å². The minimum Gasteiger partial charge on any atom is -0.0619 e. The zero-order valence-corrected chi connectivity index (χ0v) is 7.38. The van der Waals surface area contributed by atoms with Crippen molar-refractivity contribution in [2.45, 2.75) is 26.7 Å². The van der Waals surface area contributed by atoms with E-state index < -0.39 is 0 Å². The molecule has 0 saturated heterocycles. The first-order valence-corrected chi connectivity index (χ1v) is 5.23. The third-order valence-electron chi connectivity index (χ3n) is 5.98. The van der Waals surface area contributed by atoms with Gasteiger partial charge in [-0.25, -0.2) is 0 Å². The van der Waals surface area contributed by atoms with E-state index in [4.69, 9.17) is 0 Å². The Kier molecular flexibility index (Phi) is 0.611. The molecule has 4 aliphatic rings. The molecule has 0 aromatic heterocycles. The van der Waals surface area contributed by atoms with E-state index in [1.807, 2.05) is 0 Å². The molecular formula is C11H16. The third kappa shape index (κ3) is 0.316. The Labute approximate surface area is 68.4 Å². The zero-order chi connectivity index (χ0) is 7.38. The van der Waals surface area contributed by atoms with Crippen LogP contribution in [-0.2, 0) is 0 Å². The third-order valence-corrected chi connectivity index (χ3v) is 5.98. The molecule has 4 rings (SSSR count). The van der Waals surface area contributed by atoms with Crippen molar-refractivity contribution in [3.63, 3.8) is 0 Å². The van der Waals surface area contributed by atoms with Gasteiger partial charge in [-0.2, -0.15) is 0 Å². The fraction of sp³-hybridized carbons (Fsp3) is 1.00. The second kappa shape index (κ2) is 1.20. The molecular weight excluding hydrogens is 132 g/mol. The molecule has 60 valence electrons. The monoisotopic (exact) mass is 148 g/mol. The maximum absolute atomic E-state index is 2.57. The maximum atomic E-state index is 2.57. The van der Waals surface area contributed by atoms with Crippen molar-refractivity contribution in [2.24, 2.45) is 40.9 Å². The summed E-state index contributed by atoms with van der Waals surface area (Å²) in [6.45, 7) is 5.08. The van der Waals surface area contributed by atoms with E-state index >= 15 is 0 Å². The first kappa shape index (κ1) is 5.61. The van der Waals surface area contributed by atoms with Crippen LogP contribution in [0.15, 0.2) is 0 Å². The lowest BCUT2D eigenvalue weighted by molar-refractivity contribution is -0.0303. The number of rotatable bonds is 0. The standard InChI is InChI=1S/C11H16/c1-5-6-3-8-7-4-11(8,2)10(6)9(5)7/h5-10H,3-4H2,1-2H3/t5?,6?,7-,8+,9?,10?,11?/m1/s1. The molecule has 0 aliphatic heterocycles. The fourth-order valence-corrected chi connectivity index (χ4v) is 5.68. The molecule has 4 saturated carbocycles. The Balaban J connectivity index is 1.91. The van der Waals surface area contributed by atoms with E-state index in [9.17, 15) is 0 Å². The zero-order valence-electron chi connectivity index (χ0n) is 7.38. The van der Waals surface area contributed by atoms with Crippen LogP contribution in [-0.4, -0.2) is 0 Å². The van der Waals surface area contributed by atoms with Crippen LogP contribution in [0.4, 0.5) is 0 Å². The summed E-state index contributed by atoms with van der Waals surface area (Å²) in [5.74, 6) is 7.08. The van der Waals surface area contributed by atoms with Gasteiger partial charge in [0.25, 0.3) is 0 Å². The summed E-state index contributed by atoms with van der Waals surface area (Å²) in [7, 11) is 0. The predicted octanol–water partition coefficient (Wildman–Crippen LogP) is 2.54. The Morgan fingerprint density at radius 1 is 1.27 bits per heavy atom. The second-order valence-corrected chi connectivity index (χ2v) is 5.84. The van der Waals surface area contributed by atoms with Gasteiger partial charge in [-0.1, -0.05) is 13.8 Å². The van der Waals surface area contributed by atoms with Gasteiger partial charge in [-0.3, -0.25) is 0 Å². The molecule has 0 heteroatoms. The van der Waals surface area contributed by atoms with Crippen LogP contribution in [0.25, 0.3) is 0 Å². The number of hydrogen-bond donors (Lipinski definition) is 0. The highest BCUT2D eigenvalue weighted by molar-refractivity contribution is 5.27. The highest BCUT2D eigenvalue weighted by Crippen LogP contribution is 2.85. The van der Waals surface area contributed by atoms with Crippen LogP contribution < -0.4 is 0 Å². The smallest absolute Gasteiger partial charge is 0.0258 e. The lowest BCUT2D eigenvalue weighted by Crippen LogP contribution is -2.45. The second-order valence-electron chi connectivity index (χ2n) is 5.84. The summed E-state index contributed by atoms with van der Waals surface area (Å²) in [5, 5.41) is 0. The summed E-state index contributed by atoms with van der Waals surface area (Å²) < 4.78 is 0. The van der Waals surface area contributed by atoms with Crippen molar-refractivity contribution in [1.82, 2.24) is 0 Å². The summed E-state index contributed by atoms with van der Waals surface area (Å²) in [4.78, 5) is 0. The van der Waals surface area contributed by atoms with Crippen molar-refractivity contribution < 1.29 is 0 Å². The van der Waals surface area contributed by atoms with E-state index in [0.717, 1.165) is 11.3 Å². The van der Waals surface area contributed by atoms with E-state index in [1.54, 1.807) is 12.8 Å². The van der Waals surface area contributed by atoms with E-state index in [1.165, 1.54) is 29.6 Å². The molecule has 4 aliphatic carbocycles. The van der Waals surface area contributed by atoms with Crippen molar-refractivity contribution in [1.29, 1.82) is 0 Å². The average molecular weight is 148 g/mol. The first-order valence-electron chi connectivity index (χ1n) is 5.23.